The first-order valence-corrected chi connectivity index (χ1v) is 11.2. The highest BCUT2D eigenvalue weighted by Crippen LogP contribution is 2.33. The molecule has 0 aliphatic rings. The van der Waals surface area contributed by atoms with E-state index in [1.165, 1.54) is 23.5 Å². The van der Waals surface area contributed by atoms with Crippen LogP contribution in [0.1, 0.15) is 40.6 Å². The molecular formula is C24H23F3N2O3S. The summed E-state index contributed by atoms with van der Waals surface area (Å²) in [5, 5.41) is 12.2. The fraction of sp³-hybridized carbons (Fsp3) is 0.292. The minimum atomic E-state index is -4.40. The van der Waals surface area contributed by atoms with Gasteiger partial charge in [-0.2, -0.15) is 13.2 Å². The Kier molecular flexibility index (Phi) is 7.53. The number of halogens is 3. The van der Waals surface area contributed by atoms with E-state index in [9.17, 15) is 22.8 Å². The predicted octanol–water partition coefficient (Wildman–Crippen LogP) is 5.90. The molecule has 0 spiro atoms. The highest BCUT2D eigenvalue weighted by atomic mass is 32.1. The fourth-order valence-corrected chi connectivity index (χ4v) is 4.40. The van der Waals surface area contributed by atoms with Crippen LogP contribution in [0.3, 0.4) is 0 Å². The van der Waals surface area contributed by atoms with Crippen molar-refractivity contribution in [3.05, 3.63) is 69.7 Å². The van der Waals surface area contributed by atoms with Gasteiger partial charge >= 0.3 is 12.1 Å². The van der Waals surface area contributed by atoms with Crippen molar-refractivity contribution in [3.63, 3.8) is 0 Å². The molecule has 0 radical (unpaired) electrons. The van der Waals surface area contributed by atoms with Crippen LogP contribution in [0.25, 0.3) is 10.6 Å². The van der Waals surface area contributed by atoms with E-state index in [0.29, 0.717) is 34.8 Å². The molecule has 174 valence electrons. The van der Waals surface area contributed by atoms with E-state index in [2.05, 4.69) is 10.3 Å². The number of carbonyl (C=O) groups excluding carboxylic acids is 1. The van der Waals surface area contributed by atoms with E-state index in [0.717, 1.165) is 28.1 Å². The standard InChI is InChI=1S/C24H23F3N2O3S/c1-3-20-19(29-23(33-20)16-4-8-17(9-5-16)24(25,26)27)13-21(30)28-18-10-6-15(14(2)12-18)7-11-22(31)32/h4-6,8-10,12H,3,7,11,13H2,1-2H3,(H,28,30)(H,31,32). The van der Waals surface area contributed by atoms with Crippen LogP contribution in [0.5, 0.6) is 0 Å². The maximum atomic E-state index is 12.8. The highest BCUT2D eigenvalue weighted by molar-refractivity contribution is 7.15. The molecule has 2 aromatic carbocycles. The maximum absolute atomic E-state index is 12.8. The van der Waals surface area contributed by atoms with Gasteiger partial charge in [0.05, 0.1) is 17.7 Å². The van der Waals surface area contributed by atoms with E-state index < -0.39 is 17.7 Å². The molecule has 1 aromatic heterocycles. The lowest BCUT2D eigenvalue weighted by atomic mass is 10.0. The largest absolute Gasteiger partial charge is 0.481 e. The summed E-state index contributed by atoms with van der Waals surface area (Å²) >= 11 is 1.37. The van der Waals surface area contributed by atoms with Crippen LogP contribution in [0.2, 0.25) is 0 Å². The zero-order valence-electron chi connectivity index (χ0n) is 18.1. The third-order valence-corrected chi connectivity index (χ3v) is 6.41. The molecule has 3 aromatic rings. The Labute approximate surface area is 193 Å². The minimum absolute atomic E-state index is 0.0391. The summed E-state index contributed by atoms with van der Waals surface area (Å²) < 4.78 is 38.4. The molecule has 0 bridgehead atoms. The molecule has 0 aliphatic carbocycles. The SMILES string of the molecule is CCc1sc(-c2ccc(C(F)(F)F)cc2)nc1CC(=O)Nc1ccc(CCC(=O)O)c(C)c1. The third-order valence-electron chi connectivity index (χ3n) is 5.12. The van der Waals surface area contributed by atoms with Gasteiger partial charge in [-0.3, -0.25) is 9.59 Å². The van der Waals surface area contributed by atoms with Gasteiger partial charge in [-0.15, -0.1) is 11.3 Å². The number of nitrogens with one attached hydrogen (secondary N) is 1. The summed E-state index contributed by atoms with van der Waals surface area (Å²) in [6.07, 6.45) is -3.25. The number of rotatable bonds is 8. The molecule has 0 atom stereocenters. The predicted molar refractivity (Wildman–Crippen MR) is 121 cm³/mol. The number of hydrogen-bond acceptors (Lipinski definition) is 4. The zero-order valence-corrected chi connectivity index (χ0v) is 18.9. The quantitative estimate of drug-likeness (QED) is 0.424. The first-order valence-electron chi connectivity index (χ1n) is 10.3. The minimum Gasteiger partial charge on any atom is -0.481 e. The number of benzene rings is 2. The number of carbonyl (C=O) groups is 2. The number of hydrogen-bond donors (Lipinski definition) is 2. The Bertz CT molecular complexity index is 1150. The highest BCUT2D eigenvalue weighted by Gasteiger charge is 2.30. The maximum Gasteiger partial charge on any atom is 0.416 e. The number of amides is 1. The van der Waals surface area contributed by atoms with Gasteiger partial charge in [0.25, 0.3) is 0 Å². The van der Waals surface area contributed by atoms with E-state index in [1.807, 2.05) is 13.8 Å². The Morgan fingerprint density at radius 2 is 1.82 bits per heavy atom. The molecule has 5 nitrogen and oxygen atoms in total. The van der Waals surface area contributed by atoms with Crippen LogP contribution in [0.15, 0.2) is 42.5 Å². The van der Waals surface area contributed by atoms with Crippen molar-refractivity contribution in [2.24, 2.45) is 0 Å². The number of carboxylic acids is 1. The third kappa shape index (κ3) is 6.41. The number of aryl methyl sites for hydroxylation is 3. The van der Waals surface area contributed by atoms with Gasteiger partial charge in [0.2, 0.25) is 5.91 Å². The Morgan fingerprint density at radius 1 is 1.12 bits per heavy atom. The van der Waals surface area contributed by atoms with Crippen molar-refractivity contribution in [1.82, 2.24) is 4.98 Å². The second kappa shape index (κ2) is 10.2. The van der Waals surface area contributed by atoms with Gasteiger partial charge in [-0.05, 0) is 55.2 Å². The summed E-state index contributed by atoms with van der Waals surface area (Å²) in [4.78, 5) is 28.8. The second-order valence-corrected chi connectivity index (χ2v) is 8.66. The summed E-state index contributed by atoms with van der Waals surface area (Å²) in [5.41, 5.74) is 2.85. The lowest BCUT2D eigenvalue weighted by Crippen LogP contribution is -2.15. The van der Waals surface area contributed by atoms with Crippen molar-refractivity contribution in [1.29, 1.82) is 0 Å². The number of aromatic nitrogens is 1. The van der Waals surface area contributed by atoms with Crippen LogP contribution in [-0.2, 0) is 35.0 Å². The summed E-state index contributed by atoms with van der Waals surface area (Å²) in [6.45, 7) is 3.80. The van der Waals surface area contributed by atoms with Gasteiger partial charge in [0, 0.05) is 22.5 Å². The molecule has 2 N–H and O–H groups in total. The van der Waals surface area contributed by atoms with Crippen LogP contribution < -0.4 is 5.32 Å². The van der Waals surface area contributed by atoms with E-state index in [1.54, 1.807) is 18.2 Å². The van der Waals surface area contributed by atoms with Crippen molar-refractivity contribution in [2.75, 3.05) is 5.32 Å². The zero-order chi connectivity index (χ0) is 24.2. The molecular weight excluding hydrogens is 453 g/mol. The summed E-state index contributed by atoms with van der Waals surface area (Å²) in [6, 6.07) is 10.2. The van der Waals surface area contributed by atoms with Crippen LogP contribution in [-0.4, -0.2) is 22.0 Å². The van der Waals surface area contributed by atoms with Crippen LogP contribution in [0.4, 0.5) is 18.9 Å². The molecule has 3 rings (SSSR count). The lowest BCUT2D eigenvalue weighted by Gasteiger charge is -2.09. The molecule has 33 heavy (non-hydrogen) atoms. The average molecular weight is 477 g/mol. The Hall–Kier alpha value is -3.20. The van der Waals surface area contributed by atoms with Gasteiger partial charge in [0.15, 0.2) is 0 Å². The molecule has 0 unspecified atom stereocenters. The van der Waals surface area contributed by atoms with Crippen molar-refractivity contribution in [2.45, 2.75) is 45.7 Å². The molecule has 0 saturated heterocycles. The fourth-order valence-electron chi connectivity index (χ4n) is 3.38. The number of anilines is 1. The normalized spacial score (nSPS) is 11.4. The average Bonchev–Trinajstić information content (AvgIpc) is 3.15. The van der Waals surface area contributed by atoms with E-state index in [-0.39, 0.29) is 18.7 Å². The van der Waals surface area contributed by atoms with Crippen molar-refractivity contribution in [3.8, 4) is 10.6 Å². The number of carboxylic acid groups (broad SMARTS) is 1. The van der Waals surface area contributed by atoms with Crippen LogP contribution in [0, 0.1) is 6.92 Å². The number of nitrogens with zero attached hydrogens (tertiary/aromatic N) is 1. The Morgan fingerprint density at radius 3 is 2.39 bits per heavy atom. The van der Waals surface area contributed by atoms with E-state index in [4.69, 9.17) is 5.11 Å². The molecule has 0 aliphatic heterocycles. The molecule has 0 saturated carbocycles. The number of alkyl halides is 3. The smallest absolute Gasteiger partial charge is 0.416 e. The van der Waals surface area contributed by atoms with Gasteiger partial charge < -0.3 is 10.4 Å². The molecule has 1 amide bonds. The molecule has 0 fully saturated rings. The van der Waals surface area contributed by atoms with Gasteiger partial charge in [-0.1, -0.05) is 25.1 Å². The number of aliphatic carboxylic acids is 1. The van der Waals surface area contributed by atoms with Gasteiger partial charge in [0.1, 0.15) is 5.01 Å². The molecule has 1 heterocycles. The first kappa shape index (κ1) is 24.4. The summed E-state index contributed by atoms with van der Waals surface area (Å²) in [7, 11) is 0. The first-order chi connectivity index (χ1) is 15.6. The topological polar surface area (TPSA) is 79.3 Å². The second-order valence-electron chi connectivity index (χ2n) is 7.58. The van der Waals surface area contributed by atoms with Gasteiger partial charge in [-0.25, -0.2) is 4.98 Å². The van der Waals surface area contributed by atoms with Crippen molar-refractivity contribution >= 4 is 28.9 Å². The van der Waals surface area contributed by atoms with Crippen LogP contribution >= 0.6 is 11.3 Å². The lowest BCUT2D eigenvalue weighted by molar-refractivity contribution is -0.138. The van der Waals surface area contributed by atoms with E-state index >= 15 is 0 Å². The summed E-state index contributed by atoms with van der Waals surface area (Å²) in [5.74, 6) is -1.12. The Balaban J connectivity index is 1.70. The number of thiazole rings is 1. The molecule has 9 heteroatoms. The van der Waals surface area contributed by atoms with Crippen molar-refractivity contribution < 1.29 is 27.9 Å². The monoisotopic (exact) mass is 476 g/mol.